The maximum atomic E-state index is 12.0. The van der Waals surface area contributed by atoms with Crippen LogP contribution in [0.4, 0.5) is 5.82 Å². The normalized spacial score (nSPS) is 28.9. The third-order valence-electron chi connectivity index (χ3n) is 5.57. The van der Waals surface area contributed by atoms with E-state index in [0.717, 1.165) is 12.8 Å². The molecule has 2 fully saturated rings. The molecule has 140 valence electrons. The molecule has 2 aliphatic carbocycles. The third-order valence-corrected chi connectivity index (χ3v) is 5.57. The number of nitrogens with zero attached hydrogens (tertiary/aromatic N) is 4. The van der Waals surface area contributed by atoms with Gasteiger partial charge in [-0.25, -0.2) is 15.0 Å². The number of aromatic nitrogens is 4. The lowest BCUT2D eigenvalue weighted by Gasteiger charge is -2.27. The van der Waals surface area contributed by atoms with Gasteiger partial charge in [-0.2, -0.15) is 0 Å². The van der Waals surface area contributed by atoms with E-state index >= 15 is 0 Å². The lowest BCUT2D eigenvalue weighted by molar-refractivity contribution is -0.128. The van der Waals surface area contributed by atoms with Crippen LogP contribution in [0, 0.1) is 12.8 Å². The molecule has 1 amide bonds. The Morgan fingerprint density at radius 2 is 2.04 bits per heavy atom. The van der Waals surface area contributed by atoms with E-state index in [1.54, 1.807) is 10.9 Å². The van der Waals surface area contributed by atoms with Gasteiger partial charge in [0.15, 0.2) is 11.5 Å². The molecule has 2 aliphatic rings. The Kier molecular flexibility index (Phi) is 4.28. The number of hydrogen-bond acceptors (Lipinski definition) is 7. The van der Waals surface area contributed by atoms with Crippen molar-refractivity contribution in [2.75, 3.05) is 12.4 Å². The van der Waals surface area contributed by atoms with Gasteiger partial charge in [-0.3, -0.25) is 4.79 Å². The van der Waals surface area contributed by atoms with Gasteiger partial charge in [0.1, 0.15) is 17.4 Å². The van der Waals surface area contributed by atoms with Crippen molar-refractivity contribution >= 4 is 22.9 Å². The predicted octanol–water partition coefficient (Wildman–Crippen LogP) is 0.128. The minimum absolute atomic E-state index is 0.276. The van der Waals surface area contributed by atoms with E-state index in [9.17, 15) is 15.0 Å². The second-order valence-electron chi connectivity index (χ2n) is 7.22. The minimum atomic E-state index is -1.12. The van der Waals surface area contributed by atoms with Gasteiger partial charge in [0.2, 0.25) is 5.91 Å². The van der Waals surface area contributed by atoms with Crippen molar-refractivity contribution < 1.29 is 15.0 Å². The van der Waals surface area contributed by atoms with Crippen molar-refractivity contribution in [2.45, 2.75) is 56.9 Å². The van der Waals surface area contributed by atoms with Crippen LogP contribution in [0.25, 0.3) is 11.2 Å². The Morgan fingerprint density at radius 1 is 1.27 bits per heavy atom. The van der Waals surface area contributed by atoms with E-state index in [0.29, 0.717) is 35.3 Å². The van der Waals surface area contributed by atoms with E-state index in [1.807, 2.05) is 6.92 Å². The summed E-state index contributed by atoms with van der Waals surface area (Å²) in [5.41, 5.74) is 1.25. The molecule has 0 aromatic carbocycles. The quantitative estimate of drug-likeness (QED) is 0.610. The zero-order chi connectivity index (χ0) is 18.4. The van der Waals surface area contributed by atoms with Gasteiger partial charge in [-0.05, 0) is 32.6 Å². The van der Waals surface area contributed by atoms with Gasteiger partial charge < -0.3 is 25.4 Å². The summed E-state index contributed by atoms with van der Waals surface area (Å²) in [5.74, 6) is 0.373. The summed E-state index contributed by atoms with van der Waals surface area (Å²) in [4.78, 5) is 25.4. The highest BCUT2D eigenvalue weighted by Gasteiger charge is 2.46. The molecular formula is C17H24N6O3. The third kappa shape index (κ3) is 2.71. The van der Waals surface area contributed by atoms with E-state index in [2.05, 4.69) is 25.6 Å². The van der Waals surface area contributed by atoms with Crippen LogP contribution in [0.5, 0.6) is 0 Å². The van der Waals surface area contributed by atoms with Crippen LogP contribution in [0.15, 0.2) is 6.33 Å². The molecule has 4 rings (SSSR count). The largest absolute Gasteiger partial charge is 0.390 e. The van der Waals surface area contributed by atoms with E-state index in [-0.39, 0.29) is 5.91 Å². The first-order chi connectivity index (χ1) is 12.5. The Balaban J connectivity index is 1.70. The second kappa shape index (κ2) is 6.48. The van der Waals surface area contributed by atoms with Crippen molar-refractivity contribution in [3.63, 3.8) is 0 Å². The molecule has 26 heavy (non-hydrogen) atoms. The zero-order valence-electron chi connectivity index (χ0n) is 14.9. The maximum Gasteiger partial charge on any atom is 0.225 e. The zero-order valence-corrected chi connectivity index (χ0v) is 14.9. The van der Waals surface area contributed by atoms with Gasteiger partial charge in [0.25, 0.3) is 0 Å². The van der Waals surface area contributed by atoms with E-state index in [4.69, 9.17) is 0 Å². The standard InChI is InChI=1S/C17H24N6O3/c1-8-20-15(22-9-4-3-5-9)12-16(21-8)23(7-19-12)11-6-10(17(26)18-2)13(24)14(11)25/h7,9-11,13-14,24-25H,3-6H2,1-2H3,(H,18,26)(H,20,21,22). The first kappa shape index (κ1) is 17.2. The molecule has 2 saturated carbocycles. The molecule has 2 aromatic rings. The Hall–Kier alpha value is -2.26. The number of imidazole rings is 1. The fourth-order valence-electron chi connectivity index (χ4n) is 3.84. The van der Waals surface area contributed by atoms with Crippen molar-refractivity contribution in [3.8, 4) is 0 Å². The number of nitrogens with one attached hydrogen (secondary N) is 2. The topological polar surface area (TPSA) is 125 Å². The second-order valence-corrected chi connectivity index (χ2v) is 7.22. The van der Waals surface area contributed by atoms with E-state index < -0.39 is 24.2 Å². The average molecular weight is 360 g/mol. The molecule has 2 aromatic heterocycles. The van der Waals surface area contributed by atoms with Crippen LogP contribution < -0.4 is 10.6 Å². The number of carbonyl (C=O) groups excluding carboxylic acids is 1. The predicted molar refractivity (Wildman–Crippen MR) is 94.5 cm³/mol. The van der Waals surface area contributed by atoms with E-state index in [1.165, 1.54) is 13.5 Å². The van der Waals surface area contributed by atoms with Gasteiger partial charge >= 0.3 is 0 Å². The summed E-state index contributed by atoms with van der Waals surface area (Å²) in [7, 11) is 1.52. The molecule has 2 heterocycles. The van der Waals surface area contributed by atoms with Crippen molar-refractivity contribution in [3.05, 3.63) is 12.2 Å². The number of aliphatic hydroxyl groups excluding tert-OH is 2. The summed E-state index contributed by atoms with van der Waals surface area (Å²) in [6, 6.07) is -0.0580. The van der Waals surface area contributed by atoms with Gasteiger partial charge in [0.05, 0.1) is 24.4 Å². The number of fused-ring (bicyclic) bond motifs is 1. The Labute approximate surface area is 150 Å². The summed E-state index contributed by atoms with van der Waals surface area (Å²) < 4.78 is 1.76. The average Bonchev–Trinajstić information content (AvgIpc) is 3.12. The molecule has 4 unspecified atom stereocenters. The monoisotopic (exact) mass is 360 g/mol. The van der Waals surface area contributed by atoms with Gasteiger partial charge in [-0.1, -0.05) is 0 Å². The van der Waals surface area contributed by atoms with Crippen LogP contribution in [-0.4, -0.2) is 60.9 Å². The van der Waals surface area contributed by atoms with Crippen LogP contribution in [0.3, 0.4) is 0 Å². The van der Waals surface area contributed by atoms with Crippen LogP contribution >= 0.6 is 0 Å². The SMILES string of the molecule is CNC(=O)C1CC(n2cnc3c(NC4CCC4)nc(C)nc32)C(O)C1O. The molecule has 0 saturated heterocycles. The fourth-order valence-corrected chi connectivity index (χ4v) is 3.84. The molecule has 9 heteroatoms. The summed E-state index contributed by atoms with van der Waals surface area (Å²) in [6.07, 6.45) is 3.20. The fraction of sp³-hybridized carbons (Fsp3) is 0.647. The number of aryl methyl sites for hydroxylation is 1. The lowest BCUT2D eigenvalue weighted by Crippen LogP contribution is -2.36. The van der Waals surface area contributed by atoms with Crippen LogP contribution in [0.2, 0.25) is 0 Å². The van der Waals surface area contributed by atoms with Gasteiger partial charge in [0, 0.05) is 13.1 Å². The summed E-state index contributed by atoms with van der Waals surface area (Å²) in [5, 5.41) is 26.7. The maximum absolute atomic E-state index is 12.0. The first-order valence-electron chi connectivity index (χ1n) is 9.05. The highest BCUT2D eigenvalue weighted by atomic mass is 16.3. The molecule has 0 radical (unpaired) electrons. The molecule has 9 nitrogen and oxygen atoms in total. The summed E-state index contributed by atoms with van der Waals surface area (Å²) in [6.45, 7) is 1.82. The highest BCUT2D eigenvalue weighted by molar-refractivity contribution is 5.83. The molecule has 4 N–H and O–H groups in total. The number of hydrogen-bond donors (Lipinski definition) is 4. The van der Waals surface area contributed by atoms with Crippen molar-refractivity contribution in [2.24, 2.45) is 5.92 Å². The number of rotatable bonds is 4. The van der Waals surface area contributed by atoms with Crippen molar-refractivity contribution in [1.82, 2.24) is 24.8 Å². The Bertz CT molecular complexity index is 833. The molecule has 4 atom stereocenters. The molecular weight excluding hydrogens is 336 g/mol. The minimum Gasteiger partial charge on any atom is -0.390 e. The molecule has 0 spiro atoms. The lowest BCUT2D eigenvalue weighted by atomic mass is 9.93. The van der Waals surface area contributed by atoms with Gasteiger partial charge in [-0.15, -0.1) is 0 Å². The highest BCUT2D eigenvalue weighted by Crippen LogP contribution is 2.37. The van der Waals surface area contributed by atoms with Crippen LogP contribution in [-0.2, 0) is 4.79 Å². The van der Waals surface area contributed by atoms with Crippen LogP contribution in [0.1, 0.15) is 37.5 Å². The molecule has 0 aliphatic heterocycles. The number of amides is 1. The number of carbonyl (C=O) groups is 1. The Morgan fingerprint density at radius 3 is 2.69 bits per heavy atom. The first-order valence-corrected chi connectivity index (χ1v) is 9.05. The number of aliphatic hydroxyl groups is 2. The summed E-state index contributed by atoms with van der Waals surface area (Å²) >= 11 is 0. The number of anilines is 1. The van der Waals surface area contributed by atoms with Crippen molar-refractivity contribution in [1.29, 1.82) is 0 Å². The smallest absolute Gasteiger partial charge is 0.225 e. The molecule has 0 bridgehead atoms.